The van der Waals surface area contributed by atoms with Crippen LogP contribution in [0, 0.1) is 0 Å². The SMILES string of the molecule is N[C@H](CC(F)F)c1cccc2[nH]ccc12. The maximum Gasteiger partial charge on any atom is 0.240 e. The Kier molecular flexibility index (Phi) is 2.68. The van der Waals surface area contributed by atoms with Crippen LogP contribution in [0.15, 0.2) is 30.5 Å². The predicted molar refractivity (Wildman–Crippen MR) is 55.8 cm³/mol. The van der Waals surface area contributed by atoms with Crippen LogP contribution in [0.25, 0.3) is 10.9 Å². The summed E-state index contributed by atoms with van der Waals surface area (Å²) < 4.78 is 24.4. The minimum atomic E-state index is -2.37. The molecule has 4 heteroatoms. The molecule has 1 aromatic carbocycles. The van der Waals surface area contributed by atoms with Gasteiger partial charge < -0.3 is 10.7 Å². The van der Waals surface area contributed by atoms with Crippen molar-refractivity contribution in [3.8, 4) is 0 Å². The second-order valence-corrected chi connectivity index (χ2v) is 3.52. The lowest BCUT2D eigenvalue weighted by molar-refractivity contribution is 0.128. The van der Waals surface area contributed by atoms with Crippen molar-refractivity contribution in [2.24, 2.45) is 5.73 Å². The molecule has 3 N–H and O–H groups in total. The van der Waals surface area contributed by atoms with E-state index in [0.29, 0.717) is 0 Å². The van der Waals surface area contributed by atoms with Crippen LogP contribution in [0.5, 0.6) is 0 Å². The zero-order valence-electron chi connectivity index (χ0n) is 8.08. The quantitative estimate of drug-likeness (QED) is 0.803. The molecular formula is C11H12F2N2. The number of aromatic amines is 1. The molecule has 15 heavy (non-hydrogen) atoms. The smallest absolute Gasteiger partial charge is 0.240 e. The van der Waals surface area contributed by atoms with E-state index in [0.717, 1.165) is 16.5 Å². The highest BCUT2D eigenvalue weighted by atomic mass is 19.3. The largest absolute Gasteiger partial charge is 0.361 e. The Labute approximate surface area is 86.1 Å². The standard InChI is InChI=1S/C11H12F2N2/c12-11(13)6-9(14)7-2-1-3-10-8(7)4-5-15-10/h1-5,9,11,15H,6,14H2/t9-/m1/s1. The van der Waals surface area contributed by atoms with Crippen LogP contribution in [0.1, 0.15) is 18.0 Å². The Balaban J connectivity index is 2.38. The normalized spacial score (nSPS) is 13.6. The van der Waals surface area contributed by atoms with Gasteiger partial charge in [0.25, 0.3) is 0 Å². The highest BCUT2D eigenvalue weighted by Crippen LogP contribution is 2.25. The van der Waals surface area contributed by atoms with E-state index in [2.05, 4.69) is 4.98 Å². The van der Waals surface area contributed by atoms with E-state index in [1.165, 1.54) is 0 Å². The van der Waals surface area contributed by atoms with E-state index >= 15 is 0 Å². The van der Waals surface area contributed by atoms with Crippen molar-refractivity contribution in [3.05, 3.63) is 36.0 Å². The van der Waals surface area contributed by atoms with Gasteiger partial charge in [0.2, 0.25) is 6.43 Å². The van der Waals surface area contributed by atoms with Crippen molar-refractivity contribution in [2.45, 2.75) is 18.9 Å². The summed E-state index contributed by atoms with van der Waals surface area (Å²) in [5.41, 5.74) is 7.43. The highest BCUT2D eigenvalue weighted by Gasteiger charge is 2.15. The van der Waals surface area contributed by atoms with Gasteiger partial charge >= 0.3 is 0 Å². The van der Waals surface area contributed by atoms with Crippen LogP contribution in [-0.4, -0.2) is 11.4 Å². The summed E-state index contributed by atoms with van der Waals surface area (Å²) in [6.07, 6.45) is -0.887. The Hall–Kier alpha value is -1.42. The molecule has 0 bridgehead atoms. The second kappa shape index (κ2) is 3.98. The van der Waals surface area contributed by atoms with Crippen LogP contribution >= 0.6 is 0 Å². The minimum Gasteiger partial charge on any atom is -0.361 e. The number of H-pyrrole nitrogens is 1. The van der Waals surface area contributed by atoms with Crippen LogP contribution < -0.4 is 5.73 Å². The molecule has 2 nitrogen and oxygen atoms in total. The number of aromatic nitrogens is 1. The molecule has 0 aliphatic rings. The zero-order chi connectivity index (χ0) is 10.8. The highest BCUT2D eigenvalue weighted by molar-refractivity contribution is 5.83. The number of alkyl halides is 2. The number of fused-ring (bicyclic) bond motifs is 1. The molecule has 0 spiro atoms. The summed E-state index contributed by atoms with van der Waals surface area (Å²) in [4.78, 5) is 3.03. The van der Waals surface area contributed by atoms with E-state index in [-0.39, 0.29) is 6.42 Å². The molecule has 2 rings (SSSR count). The summed E-state index contributed by atoms with van der Waals surface area (Å²) in [5.74, 6) is 0. The van der Waals surface area contributed by atoms with Crippen molar-refractivity contribution in [1.82, 2.24) is 4.98 Å². The van der Waals surface area contributed by atoms with Crippen LogP contribution in [0.4, 0.5) is 8.78 Å². The maximum absolute atomic E-state index is 12.2. The molecule has 1 aromatic heterocycles. The third-order valence-corrected chi connectivity index (χ3v) is 2.46. The van der Waals surface area contributed by atoms with Gasteiger partial charge in [0.05, 0.1) is 0 Å². The molecule has 0 aliphatic carbocycles. The summed E-state index contributed by atoms with van der Waals surface area (Å²) in [7, 11) is 0. The van der Waals surface area contributed by atoms with Gasteiger partial charge in [0, 0.05) is 29.6 Å². The molecule has 0 radical (unpaired) electrons. The summed E-state index contributed by atoms with van der Waals surface area (Å²) in [5, 5.41) is 0.922. The molecular weight excluding hydrogens is 198 g/mol. The fourth-order valence-electron chi connectivity index (χ4n) is 1.75. The van der Waals surface area contributed by atoms with Crippen molar-refractivity contribution in [1.29, 1.82) is 0 Å². The first kappa shape index (κ1) is 10.1. The minimum absolute atomic E-state index is 0.301. The Morgan fingerprint density at radius 1 is 1.27 bits per heavy atom. The lowest BCUT2D eigenvalue weighted by Gasteiger charge is -2.12. The number of nitrogens with two attached hydrogens (primary N) is 1. The van der Waals surface area contributed by atoms with Crippen molar-refractivity contribution in [3.63, 3.8) is 0 Å². The molecule has 0 saturated heterocycles. The summed E-state index contributed by atoms with van der Waals surface area (Å²) >= 11 is 0. The maximum atomic E-state index is 12.2. The zero-order valence-corrected chi connectivity index (χ0v) is 8.08. The van der Waals surface area contributed by atoms with Gasteiger partial charge in [0.15, 0.2) is 0 Å². The van der Waals surface area contributed by atoms with Gasteiger partial charge in [0.1, 0.15) is 0 Å². The van der Waals surface area contributed by atoms with E-state index in [1.807, 2.05) is 18.2 Å². The molecule has 1 heterocycles. The third kappa shape index (κ3) is 1.99. The molecule has 0 aliphatic heterocycles. The van der Waals surface area contributed by atoms with Crippen molar-refractivity contribution in [2.75, 3.05) is 0 Å². The van der Waals surface area contributed by atoms with Gasteiger partial charge in [-0.15, -0.1) is 0 Å². The first-order valence-corrected chi connectivity index (χ1v) is 4.78. The monoisotopic (exact) mass is 210 g/mol. The molecule has 0 saturated carbocycles. The molecule has 0 amide bonds. The van der Waals surface area contributed by atoms with Gasteiger partial charge in [-0.1, -0.05) is 12.1 Å². The summed E-state index contributed by atoms with van der Waals surface area (Å²) in [6, 6.07) is 6.76. The van der Waals surface area contributed by atoms with Crippen molar-refractivity contribution >= 4 is 10.9 Å². The topological polar surface area (TPSA) is 41.8 Å². The number of benzene rings is 1. The Morgan fingerprint density at radius 2 is 2.07 bits per heavy atom. The van der Waals surface area contributed by atoms with Gasteiger partial charge in [-0.2, -0.15) is 0 Å². The van der Waals surface area contributed by atoms with Crippen molar-refractivity contribution < 1.29 is 8.78 Å². The van der Waals surface area contributed by atoms with Gasteiger partial charge in [-0.05, 0) is 17.7 Å². The fraction of sp³-hybridized carbons (Fsp3) is 0.273. The lowest BCUT2D eigenvalue weighted by atomic mass is 10.0. The van der Waals surface area contributed by atoms with Crippen LogP contribution in [-0.2, 0) is 0 Å². The first-order chi connectivity index (χ1) is 7.18. The van der Waals surface area contributed by atoms with E-state index in [4.69, 9.17) is 5.73 Å². The second-order valence-electron chi connectivity index (χ2n) is 3.52. The Morgan fingerprint density at radius 3 is 2.80 bits per heavy atom. The molecule has 1 atom stereocenters. The van der Waals surface area contributed by atoms with E-state index < -0.39 is 12.5 Å². The molecule has 0 fully saturated rings. The number of nitrogens with one attached hydrogen (secondary N) is 1. The summed E-state index contributed by atoms with van der Waals surface area (Å²) in [6.45, 7) is 0. The third-order valence-electron chi connectivity index (χ3n) is 2.46. The average Bonchev–Trinajstić information content (AvgIpc) is 2.63. The average molecular weight is 210 g/mol. The molecule has 0 unspecified atom stereocenters. The van der Waals surface area contributed by atoms with Crippen LogP contribution in [0.3, 0.4) is 0 Å². The Bertz CT molecular complexity index is 451. The molecule has 2 aromatic rings. The fourth-order valence-corrected chi connectivity index (χ4v) is 1.75. The van der Waals surface area contributed by atoms with E-state index in [9.17, 15) is 8.78 Å². The number of rotatable bonds is 3. The molecule has 80 valence electrons. The lowest BCUT2D eigenvalue weighted by Crippen LogP contribution is -2.14. The first-order valence-electron chi connectivity index (χ1n) is 4.78. The van der Waals surface area contributed by atoms with Gasteiger partial charge in [-0.25, -0.2) is 8.78 Å². The predicted octanol–water partition coefficient (Wildman–Crippen LogP) is 2.82. The van der Waals surface area contributed by atoms with Crippen LogP contribution in [0.2, 0.25) is 0 Å². The number of hydrogen-bond donors (Lipinski definition) is 2. The number of hydrogen-bond acceptors (Lipinski definition) is 1. The van der Waals surface area contributed by atoms with Gasteiger partial charge in [-0.3, -0.25) is 0 Å². The number of halogens is 2. The van der Waals surface area contributed by atoms with E-state index in [1.54, 1.807) is 12.3 Å².